The summed E-state index contributed by atoms with van der Waals surface area (Å²) in [6, 6.07) is 2.07. The predicted molar refractivity (Wildman–Crippen MR) is 51.5 cm³/mol. The largest absolute Gasteiger partial charge is 0.311 e. The van der Waals surface area contributed by atoms with Crippen molar-refractivity contribution in [1.82, 2.24) is 9.78 Å². The number of hydrogen-bond donors (Lipinski definition) is 1. The Morgan fingerprint density at radius 1 is 1.69 bits per heavy atom. The Kier molecular flexibility index (Phi) is 3.06. The van der Waals surface area contributed by atoms with Crippen molar-refractivity contribution in [3.63, 3.8) is 0 Å². The molecule has 0 atom stereocenters. The SMILES string of the molecule is CCC(=O)Nc1ccnn1C(C)C. The van der Waals surface area contributed by atoms with Crippen LogP contribution < -0.4 is 5.32 Å². The van der Waals surface area contributed by atoms with Crippen LogP contribution in [0.1, 0.15) is 33.2 Å². The molecule has 0 unspecified atom stereocenters. The average Bonchev–Trinajstić information content (AvgIpc) is 2.52. The molecule has 1 rings (SSSR count). The number of nitrogens with zero attached hydrogens (tertiary/aromatic N) is 2. The molecule has 0 aromatic carbocycles. The van der Waals surface area contributed by atoms with E-state index in [1.165, 1.54) is 0 Å². The summed E-state index contributed by atoms with van der Waals surface area (Å²) in [7, 11) is 0. The van der Waals surface area contributed by atoms with Gasteiger partial charge in [0.2, 0.25) is 5.91 Å². The van der Waals surface area contributed by atoms with Crippen LogP contribution in [-0.4, -0.2) is 15.7 Å². The summed E-state index contributed by atoms with van der Waals surface area (Å²) in [4.78, 5) is 11.1. The van der Waals surface area contributed by atoms with Crippen molar-refractivity contribution in [2.45, 2.75) is 33.2 Å². The zero-order chi connectivity index (χ0) is 9.84. The Labute approximate surface area is 77.9 Å². The highest BCUT2D eigenvalue weighted by molar-refractivity contribution is 5.89. The van der Waals surface area contributed by atoms with Gasteiger partial charge in [0.25, 0.3) is 0 Å². The van der Waals surface area contributed by atoms with Crippen LogP contribution >= 0.6 is 0 Å². The van der Waals surface area contributed by atoms with E-state index in [0.717, 1.165) is 5.82 Å². The van der Waals surface area contributed by atoms with Crippen molar-refractivity contribution in [2.75, 3.05) is 5.32 Å². The minimum atomic E-state index is 0.0161. The molecule has 0 saturated heterocycles. The summed E-state index contributed by atoms with van der Waals surface area (Å²) in [6.07, 6.45) is 2.18. The number of hydrogen-bond acceptors (Lipinski definition) is 2. The summed E-state index contributed by atoms with van der Waals surface area (Å²) < 4.78 is 1.79. The van der Waals surface area contributed by atoms with Crippen LogP contribution in [0.5, 0.6) is 0 Å². The first-order valence-corrected chi connectivity index (χ1v) is 4.48. The second-order valence-corrected chi connectivity index (χ2v) is 3.16. The molecule has 0 radical (unpaired) electrons. The van der Waals surface area contributed by atoms with Crippen molar-refractivity contribution in [1.29, 1.82) is 0 Å². The maximum Gasteiger partial charge on any atom is 0.225 e. The van der Waals surface area contributed by atoms with E-state index in [9.17, 15) is 4.79 Å². The van der Waals surface area contributed by atoms with Gasteiger partial charge in [-0.2, -0.15) is 5.10 Å². The molecule has 0 bridgehead atoms. The zero-order valence-electron chi connectivity index (χ0n) is 8.24. The minimum absolute atomic E-state index is 0.0161. The van der Waals surface area contributed by atoms with Crippen LogP contribution in [0.2, 0.25) is 0 Å². The van der Waals surface area contributed by atoms with Crippen LogP contribution in [0.25, 0.3) is 0 Å². The molecule has 0 fully saturated rings. The van der Waals surface area contributed by atoms with Crippen molar-refractivity contribution in [2.24, 2.45) is 0 Å². The second kappa shape index (κ2) is 4.07. The van der Waals surface area contributed by atoms with E-state index in [4.69, 9.17) is 0 Å². The van der Waals surface area contributed by atoms with E-state index in [0.29, 0.717) is 6.42 Å². The number of anilines is 1. The number of carbonyl (C=O) groups is 1. The molecule has 1 heterocycles. The van der Waals surface area contributed by atoms with Gasteiger partial charge in [-0.05, 0) is 13.8 Å². The normalized spacial score (nSPS) is 10.5. The summed E-state index contributed by atoms with van der Waals surface area (Å²) in [5.74, 6) is 0.782. The number of carbonyl (C=O) groups excluding carboxylic acids is 1. The van der Waals surface area contributed by atoms with E-state index in [2.05, 4.69) is 10.4 Å². The Bertz CT molecular complexity index is 291. The fraction of sp³-hybridized carbons (Fsp3) is 0.556. The number of aromatic nitrogens is 2. The minimum Gasteiger partial charge on any atom is -0.311 e. The van der Waals surface area contributed by atoms with Crippen molar-refractivity contribution >= 4 is 11.7 Å². The highest BCUT2D eigenvalue weighted by Crippen LogP contribution is 2.12. The van der Waals surface area contributed by atoms with Crippen LogP contribution in [-0.2, 0) is 4.79 Å². The molecule has 4 heteroatoms. The molecule has 0 aliphatic rings. The van der Waals surface area contributed by atoms with Crippen molar-refractivity contribution in [3.05, 3.63) is 12.3 Å². The van der Waals surface area contributed by atoms with Crippen molar-refractivity contribution in [3.8, 4) is 0 Å². The van der Waals surface area contributed by atoms with E-state index in [1.807, 2.05) is 20.8 Å². The molecule has 0 aliphatic heterocycles. The van der Waals surface area contributed by atoms with Gasteiger partial charge < -0.3 is 5.32 Å². The van der Waals surface area contributed by atoms with E-state index < -0.39 is 0 Å². The lowest BCUT2D eigenvalue weighted by Crippen LogP contribution is -2.15. The predicted octanol–water partition coefficient (Wildman–Crippen LogP) is 1.81. The van der Waals surface area contributed by atoms with Crippen molar-refractivity contribution < 1.29 is 4.79 Å². The van der Waals surface area contributed by atoms with Gasteiger partial charge in [0.15, 0.2) is 0 Å². The van der Waals surface area contributed by atoms with Crippen LogP contribution in [0.4, 0.5) is 5.82 Å². The van der Waals surface area contributed by atoms with Gasteiger partial charge in [0, 0.05) is 18.5 Å². The molecule has 4 nitrogen and oxygen atoms in total. The lowest BCUT2D eigenvalue weighted by molar-refractivity contribution is -0.115. The van der Waals surface area contributed by atoms with Crippen LogP contribution in [0, 0.1) is 0 Å². The highest BCUT2D eigenvalue weighted by Gasteiger charge is 2.07. The molecule has 13 heavy (non-hydrogen) atoms. The monoisotopic (exact) mass is 181 g/mol. The van der Waals surface area contributed by atoms with Gasteiger partial charge in [-0.25, -0.2) is 4.68 Å². The molecule has 1 N–H and O–H groups in total. The lowest BCUT2D eigenvalue weighted by atomic mass is 10.4. The van der Waals surface area contributed by atoms with E-state index in [-0.39, 0.29) is 11.9 Å². The first-order chi connectivity index (χ1) is 6.15. The third-order valence-electron chi connectivity index (χ3n) is 1.75. The third kappa shape index (κ3) is 2.31. The molecular weight excluding hydrogens is 166 g/mol. The first kappa shape index (κ1) is 9.77. The summed E-state index contributed by atoms with van der Waals surface area (Å²) >= 11 is 0. The Morgan fingerprint density at radius 2 is 2.38 bits per heavy atom. The summed E-state index contributed by atoms with van der Waals surface area (Å²) in [5, 5.41) is 6.89. The lowest BCUT2D eigenvalue weighted by Gasteiger charge is -2.10. The van der Waals surface area contributed by atoms with Gasteiger partial charge in [-0.1, -0.05) is 6.92 Å². The van der Waals surface area contributed by atoms with E-state index >= 15 is 0 Å². The maximum absolute atomic E-state index is 11.1. The number of amides is 1. The Morgan fingerprint density at radius 3 is 2.92 bits per heavy atom. The van der Waals surface area contributed by atoms with Gasteiger partial charge in [0.1, 0.15) is 5.82 Å². The Balaban J connectivity index is 2.76. The quantitative estimate of drug-likeness (QED) is 0.773. The van der Waals surface area contributed by atoms with Gasteiger partial charge in [0.05, 0.1) is 6.20 Å². The Hall–Kier alpha value is -1.32. The molecule has 0 spiro atoms. The fourth-order valence-electron chi connectivity index (χ4n) is 1.06. The zero-order valence-corrected chi connectivity index (χ0v) is 8.24. The third-order valence-corrected chi connectivity index (χ3v) is 1.75. The van der Waals surface area contributed by atoms with E-state index in [1.54, 1.807) is 16.9 Å². The molecular formula is C9H15N3O. The van der Waals surface area contributed by atoms with Gasteiger partial charge in [-0.3, -0.25) is 4.79 Å². The number of rotatable bonds is 3. The second-order valence-electron chi connectivity index (χ2n) is 3.16. The maximum atomic E-state index is 11.1. The van der Waals surface area contributed by atoms with Crippen LogP contribution in [0.15, 0.2) is 12.3 Å². The van der Waals surface area contributed by atoms with Gasteiger partial charge >= 0.3 is 0 Å². The fourth-order valence-corrected chi connectivity index (χ4v) is 1.06. The topological polar surface area (TPSA) is 46.9 Å². The number of nitrogens with one attached hydrogen (secondary N) is 1. The van der Waals surface area contributed by atoms with Gasteiger partial charge in [-0.15, -0.1) is 0 Å². The molecule has 0 saturated carbocycles. The van der Waals surface area contributed by atoms with Crippen LogP contribution in [0.3, 0.4) is 0 Å². The highest BCUT2D eigenvalue weighted by atomic mass is 16.1. The smallest absolute Gasteiger partial charge is 0.225 e. The molecule has 1 aromatic rings. The average molecular weight is 181 g/mol. The first-order valence-electron chi connectivity index (χ1n) is 4.48. The standard InChI is InChI=1S/C9H15N3O/c1-4-9(13)11-8-5-6-10-12(8)7(2)3/h5-7H,4H2,1-3H3,(H,11,13). The summed E-state index contributed by atoms with van der Waals surface area (Å²) in [5.41, 5.74) is 0. The molecule has 72 valence electrons. The summed E-state index contributed by atoms with van der Waals surface area (Å²) in [6.45, 7) is 5.87. The molecule has 0 aliphatic carbocycles. The molecule has 1 amide bonds. The molecule has 1 aromatic heterocycles.